The van der Waals surface area contributed by atoms with Crippen LogP contribution in [0.3, 0.4) is 0 Å². The van der Waals surface area contributed by atoms with Gasteiger partial charge in [-0.3, -0.25) is 9.59 Å². The molecule has 1 heterocycles. The van der Waals surface area contributed by atoms with E-state index in [9.17, 15) is 9.59 Å². The zero-order valence-corrected chi connectivity index (χ0v) is 14.9. The van der Waals surface area contributed by atoms with Crippen LogP contribution in [0.1, 0.15) is 26.5 Å². The zero-order chi connectivity index (χ0) is 17.8. The van der Waals surface area contributed by atoms with Crippen LogP contribution in [0.15, 0.2) is 42.5 Å². The van der Waals surface area contributed by atoms with Crippen LogP contribution < -0.4 is 5.32 Å². The number of nitrogens with one attached hydrogen (secondary N) is 1. The molecule has 0 radical (unpaired) electrons. The maximum atomic E-state index is 12.1. The molecule has 0 spiro atoms. The molecule has 25 heavy (non-hydrogen) atoms. The van der Waals surface area contributed by atoms with Crippen molar-refractivity contribution in [3.8, 4) is 0 Å². The van der Waals surface area contributed by atoms with E-state index in [1.807, 2.05) is 44.2 Å². The Kier molecular flexibility index (Phi) is 5.09. The maximum absolute atomic E-state index is 12.1. The normalized spacial score (nSPS) is 10.6. The standard InChI is InChI=1S/C19H18N2O3S/c1-12-7-13(2)9-14(8-12)19(23)20-10-18(22)24-11-17-21-15-5-3-4-6-16(15)25-17/h3-9H,10-11H2,1-2H3,(H,20,23). The van der Waals surface area contributed by atoms with Gasteiger partial charge in [-0.1, -0.05) is 29.3 Å². The Labute approximate surface area is 149 Å². The molecule has 3 aromatic rings. The summed E-state index contributed by atoms with van der Waals surface area (Å²) in [6.45, 7) is 3.79. The fourth-order valence-corrected chi connectivity index (χ4v) is 3.42. The summed E-state index contributed by atoms with van der Waals surface area (Å²) >= 11 is 1.49. The molecule has 6 heteroatoms. The summed E-state index contributed by atoms with van der Waals surface area (Å²) in [6.07, 6.45) is 0. The van der Waals surface area contributed by atoms with Gasteiger partial charge >= 0.3 is 5.97 Å². The number of para-hydroxylation sites is 1. The number of hydrogen-bond donors (Lipinski definition) is 1. The average Bonchev–Trinajstić information content (AvgIpc) is 3.00. The van der Waals surface area contributed by atoms with Crippen LogP contribution in [0, 0.1) is 13.8 Å². The first-order chi connectivity index (χ1) is 12.0. The number of carbonyl (C=O) groups excluding carboxylic acids is 2. The zero-order valence-electron chi connectivity index (χ0n) is 14.0. The fraction of sp³-hybridized carbons (Fsp3) is 0.211. The second-order valence-corrected chi connectivity index (χ2v) is 6.91. The molecular weight excluding hydrogens is 336 g/mol. The second kappa shape index (κ2) is 7.44. The van der Waals surface area contributed by atoms with Crippen molar-refractivity contribution in [3.63, 3.8) is 0 Å². The highest BCUT2D eigenvalue weighted by Crippen LogP contribution is 2.21. The Hall–Kier alpha value is -2.73. The highest BCUT2D eigenvalue weighted by atomic mass is 32.1. The number of fused-ring (bicyclic) bond motifs is 1. The summed E-state index contributed by atoms with van der Waals surface area (Å²) < 4.78 is 6.24. The van der Waals surface area contributed by atoms with Crippen molar-refractivity contribution < 1.29 is 14.3 Å². The molecule has 0 aliphatic heterocycles. The third kappa shape index (κ3) is 4.42. The number of nitrogens with zero attached hydrogens (tertiary/aromatic N) is 1. The second-order valence-electron chi connectivity index (χ2n) is 5.80. The lowest BCUT2D eigenvalue weighted by molar-refractivity contribution is -0.143. The van der Waals surface area contributed by atoms with E-state index in [-0.39, 0.29) is 19.1 Å². The van der Waals surface area contributed by atoms with Crippen molar-refractivity contribution in [1.82, 2.24) is 10.3 Å². The van der Waals surface area contributed by atoms with E-state index in [0.717, 1.165) is 26.4 Å². The van der Waals surface area contributed by atoms with Crippen LogP contribution in [-0.4, -0.2) is 23.4 Å². The Balaban J connectivity index is 1.51. The molecule has 2 aromatic carbocycles. The molecule has 0 saturated heterocycles. The molecule has 1 aromatic heterocycles. The van der Waals surface area contributed by atoms with Gasteiger partial charge in [0.1, 0.15) is 18.2 Å². The maximum Gasteiger partial charge on any atom is 0.325 e. The van der Waals surface area contributed by atoms with Crippen LogP contribution in [0.4, 0.5) is 0 Å². The SMILES string of the molecule is Cc1cc(C)cc(C(=O)NCC(=O)OCc2nc3ccccc3s2)c1. The number of thiazole rings is 1. The first-order valence-electron chi connectivity index (χ1n) is 7.88. The Bertz CT molecular complexity index is 880. The van der Waals surface area contributed by atoms with E-state index in [1.165, 1.54) is 11.3 Å². The highest BCUT2D eigenvalue weighted by Gasteiger charge is 2.11. The number of ether oxygens (including phenoxy) is 1. The number of carbonyl (C=O) groups is 2. The Morgan fingerprint density at radius 2 is 1.84 bits per heavy atom. The van der Waals surface area contributed by atoms with Crippen LogP contribution in [0.2, 0.25) is 0 Å². The molecular formula is C19H18N2O3S. The van der Waals surface area contributed by atoms with Crippen LogP contribution >= 0.6 is 11.3 Å². The van der Waals surface area contributed by atoms with Gasteiger partial charge < -0.3 is 10.1 Å². The first-order valence-corrected chi connectivity index (χ1v) is 8.69. The molecule has 128 valence electrons. The van der Waals surface area contributed by atoms with Crippen molar-refractivity contribution in [2.24, 2.45) is 0 Å². The minimum atomic E-state index is -0.489. The van der Waals surface area contributed by atoms with E-state index in [2.05, 4.69) is 10.3 Å². The molecule has 1 amide bonds. The minimum absolute atomic E-state index is 0.109. The van der Waals surface area contributed by atoms with E-state index in [1.54, 1.807) is 12.1 Å². The van der Waals surface area contributed by atoms with Gasteiger partial charge in [-0.25, -0.2) is 4.98 Å². The van der Waals surface area contributed by atoms with Crippen molar-refractivity contribution in [1.29, 1.82) is 0 Å². The molecule has 0 atom stereocenters. The van der Waals surface area contributed by atoms with Gasteiger partial charge in [0.15, 0.2) is 0 Å². The quantitative estimate of drug-likeness (QED) is 0.713. The smallest absolute Gasteiger partial charge is 0.325 e. The number of aryl methyl sites for hydroxylation is 2. The Morgan fingerprint density at radius 1 is 1.12 bits per heavy atom. The van der Waals surface area contributed by atoms with Crippen LogP contribution in [0.25, 0.3) is 10.2 Å². The molecule has 0 fully saturated rings. The lowest BCUT2D eigenvalue weighted by atomic mass is 10.1. The number of hydrogen-bond acceptors (Lipinski definition) is 5. The molecule has 3 rings (SSSR count). The Morgan fingerprint density at radius 3 is 2.56 bits per heavy atom. The molecule has 5 nitrogen and oxygen atoms in total. The minimum Gasteiger partial charge on any atom is -0.457 e. The summed E-state index contributed by atoms with van der Waals surface area (Å²) in [5.41, 5.74) is 3.44. The third-order valence-electron chi connectivity index (χ3n) is 3.57. The molecule has 1 N–H and O–H groups in total. The van der Waals surface area contributed by atoms with Crippen LogP contribution in [0.5, 0.6) is 0 Å². The molecule has 0 aliphatic carbocycles. The number of benzene rings is 2. The summed E-state index contributed by atoms with van der Waals surface area (Å²) in [5, 5.41) is 3.32. The highest BCUT2D eigenvalue weighted by molar-refractivity contribution is 7.18. The van der Waals surface area contributed by atoms with E-state index in [0.29, 0.717) is 5.56 Å². The van der Waals surface area contributed by atoms with Gasteiger partial charge in [0.2, 0.25) is 0 Å². The van der Waals surface area contributed by atoms with Gasteiger partial charge in [-0.2, -0.15) is 0 Å². The largest absolute Gasteiger partial charge is 0.457 e. The van der Waals surface area contributed by atoms with E-state index < -0.39 is 5.97 Å². The van der Waals surface area contributed by atoms with Gasteiger partial charge in [0.05, 0.1) is 10.2 Å². The molecule has 0 unspecified atom stereocenters. The van der Waals surface area contributed by atoms with Crippen molar-refractivity contribution in [2.45, 2.75) is 20.5 Å². The van der Waals surface area contributed by atoms with Crippen molar-refractivity contribution in [3.05, 3.63) is 64.2 Å². The predicted octanol–water partition coefficient (Wildman–Crippen LogP) is 3.39. The lowest BCUT2D eigenvalue weighted by Gasteiger charge is -2.07. The van der Waals surface area contributed by atoms with Gasteiger partial charge in [-0.05, 0) is 38.1 Å². The number of esters is 1. The van der Waals surface area contributed by atoms with E-state index in [4.69, 9.17) is 4.74 Å². The summed E-state index contributed by atoms with van der Waals surface area (Å²) in [4.78, 5) is 28.4. The number of aromatic nitrogens is 1. The van der Waals surface area contributed by atoms with Gasteiger partial charge in [0.25, 0.3) is 5.91 Å². The van der Waals surface area contributed by atoms with E-state index >= 15 is 0 Å². The van der Waals surface area contributed by atoms with Gasteiger partial charge in [-0.15, -0.1) is 11.3 Å². The molecule has 0 aliphatic rings. The fourth-order valence-electron chi connectivity index (χ4n) is 2.54. The average molecular weight is 354 g/mol. The van der Waals surface area contributed by atoms with Gasteiger partial charge in [0, 0.05) is 5.56 Å². The lowest BCUT2D eigenvalue weighted by Crippen LogP contribution is -2.30. The van der Waals surface area contributed by atoms with Crippen LogP contribution in [-0.2, 0) is 16.1 Å². The first kappa shape index (κ1) is 17.1. The summed E-state index contributed by atoms with van der Waals surface area (Å²) in [5.74, 6) is -0.777. The predicted molar refractivity (Wildman–Crippen MR) is 97.7 cm³/mol. The summed E-state index contributed by atoms with van der Waals surface area (Å²) in [7, 11) is 0. The van der Waals surface area contributed by atoms with Crippen molar-refractivity contribution in [2.75, 3.05) is 6.54 Å². The molecule has 0 bridgehead atoms. The topological polar surface area (TPSA) is 68.3 Å². The number of amides is 1. The van der Waals surface area contributed by atoms with Crippen molar-refractivity contribution >= 4 is 33.4 Å². The monoisotopic (exact) mass is 354 g/mol. The summed E-state index contributed by atoms with van der Waals surface area (Å²) in [6, 6.07) is 13.3. The number of rotatable bonds is 5. The molecule has 0 saturated carbocycles. The third-order valence-corrected chi connectivity index (χ3v) is 4.58.